The highest BCUT2D eigenvalue weighted by atomic mass is 16.6. The van der Waals surface area contributed by atoms with E-state index in [0.29, 0.717) is 5.56 Å². The molecule has 29 heavy (non-hydrogen) atoms. The molecule has 0 aliphatic heterocycles. The smallest absolute Gasteiger partial charge is 0.311 e. The van der Waals surface area contributed by atoms with E-state index < -0.39 is 11.0 Å². The average Bonchev–Trinajstić information content (AvgIpc) is 3.37. The van der Waals surface area contributed by atoms with Crippen molar-refractivity contribution < 1.29 is 18.9 Å². The number of nitro groups is 1. The van der Waals surface area contributed by atoms with E-state index in [0.717, 1.165) is 24.8 Å². The number of hydrogen-bond donors (Lipinski definition) is 0. The molecule has 1 aliphatic rings. The lowest BCUT2D eigenvalue weighted by atomic mass is 10.0. The van der Waals surface area contributed by atoms with Crippen molar-refractivity contribution in [3.63, 3.8) is 0 Å². The van der Waals surface area contributed by atoms with Gasteiger partial charge in [-0.2, -0.15) is 0 Å². The van der Waals surface area contributed by atoms with Crippen LogP contribution < -0.4 is 0 Å². The fourth-order valence-corrected chi connectivity index (χ4v) is 3.43. The van der Waals surface area contributed by atoms with Crippen LogP contribution in [-0.2, 0) is 28.8 Å². The first kappa shape index (κ1) is 18.8. The van der Waals surface area contributed by atoms with Gasteiger partial charge in [0, 0.05) is 17.7 Å². The molecule has 3 aromatic rings. The molecule has 148 valence electrons. The number of rotatable bonds is 6. The van der Waals surface area contributed by atoms with E-state index in [2.05, 4.69) is 22.3 Å². The number of fused-ring (bicyclic) bond motifs is 1. The fourth-order valence-electron chi connectivity index (χ4n) is 3.43. The Balaban J connectivity index is 1.39. The maximum Gasteiger partial charge on any atom is 0.311 e. The summed E-state index contributed by atoms with van der Waals surface area (Å²) >= 11 is 0. The quantitative estimate of drug-likeness (QED) is 0.354. The lowest BCUT2D eigenvalue weighted by molar-refractivity contribution is -0.384. The van der Waals surface area contributed by atoms with E-state index in [9.17, 15) is 14.9 Å². The second-order valence-electron chi connectivity index (χ2n) is 7.01. The maximum atomic E-state index is 12.3. The predicted octanol–water partition coefficient (Wildman–Crippen LogP) is 3.98. The fraction of sp³-hybridized carbons (Fsp3) is 0.286. The summed E-state index contributed by atoms with van der Waals surface area (Å²) in [5.74, 6) is 0.00241. The third kappa shape index (κ3) is 4.16. The van der Waals surface area contributed by atoms with Gasteiger partial charge in [0.05, 0.1) is 11.3 Å². The Morgan fingerprint density at radius 3 is 2.69 bits per heavy atom. The number of ether oxygens (including phenoxy) is 1. The number of aromatic nitrogens is 2. The van der Waals surface area contributed by atoms with Crippen molar-refractivity contribution in [2.75, 3.05) is 0 Å². The molecule has 8 nitrogen and oxygen atoms in total. The van der Waals surface area contributed by atoms with E-state index >= 15 is 0 Å². The molecule has 1 atom stereocenters. The molecule has 8 heteroatoms. The number of hydrogen-bond acceptors (Lipinski definition) is 7. The van der Waals surface area contributed by atoms with Crippen LogP contribution in [0.1, 0.15) is 42.0 Å². The lowest BCUT2D eigenvalue weighted by Gasteiger charge is -2.10. The van der Waals surface area contributed by atoms with Crippen LogP contribution in [-0.4, -0.2) is 21.1 Å². The van der Waals surface area contributed by atoms with Crippen molar-refractivity contribution in [1.82, 2.24) is 10.2 Å². The van der Waals surface area contributed by atoms with Crippen molar-refractivity contribution in [2.24, 2.45) is 0 Å². The summed E-state index contributed by atoms with van der Waals surface area (Å²) in [4.78, 5) is 22.6. The number of benzene rings is 2. The molecule has 0 fully saturated rings. The Morgan fingerprint density at radius 2 is 1.93 bits per heavy atom. The predicted molar refractivity (Wildman–Crippen MR) is 103 cm³/mol. The van der Waals surface area contributed by atoms with E-state index in [1.807, 2.05) is 6.07 Å². The van der Waals surface area contributed by atoms with Gasteiger partial charge in [-0.1, -0.05) is 18.2 Å². The molecule has 0 bridgehead atoms. The Hall–Kier alpha value is -3.55. The number of non-ortho nitro benzene ring substituents is 1. The molecule has 1 aliphatic carbocycles. The molecule has 0 saturated carbocycles. The molecule has 0 spiro atoms. The Kier molecular flexibility index (Phi) is 5.07. The Morgan fingerprint density at radius 1 is 1.17 bits per heavy atom. The monoisotopic (exact) mass is 393 g/mol. The van der Waals surface area contributed by atoms with Crippen LogP contribution in [0.25, 0.3) is 11.5 Å². The first-order valence-electron chi connectivity index (χ1n) is 9.38. The van der Waals surface area contributed by atoms with Crippen molar-refractivity contribution in [3.05, 3.63) is 75.2 Å². The molecule has 1 aromatic heterocycles. The highest BCUT2D eigenvalue weighted by Crippen LogP contribution is 2.26. The molecule has 0 amide bonds. The van der Waals surface area contributed by atoms with Gasteiger partial charge in [0.2, 0.25) is 5.89 Å². The van der Waals surface area contributed by atoms with Crippen molar-refractivity contribution in [1.29, 1.82) is 0 Å². The van der Waals surface area contributed by atoms with Crippen LogP contribution in [0.15, 0.2) is 46.9 Å². The van der Waals surface area contributed by atoms with Gasteiger partial charge < -0.3 is 9.15 Å². The minimum absolute atomic E-state index is 0.0256. The van der Waals surface area contributed by atoms with Crippen molar-refractivity contribution in [3.8, 4) is 11.5 Å². The molecule has 0 N–H and O–H groups in total. The van der Waals surface area contributed by atoms with E-state index in [4.69, 9.17) is 9.15 Å². The number of nitro benzene ring substituents is 1. The molecule has 0 saturated heterocycles. The topological polar surface area (TPSA) is 108 Å². The molecular weight excluding hydrogens is 374 g/mol. The SMILES string of the molecule is C[C@H](OC(=O)Cc1ccc2c(c1)CCC2)c1nnc(-c2ccc([N+](=O)[O-])cc2)o1. The summed E-state index contributed by atoms with van der Waals surface area (Å²) in [7, 11) is 0. The molecular formula is C21H19N3O5. The second-order valence-corrected chi connectivity index (χ2v) is 7.01. The van der Waals surface area contributed by atoms with E-state index in [1.165, 1.54) is 35.4 Å². The number of carbonyl (C=O) groups excluding carboxylic acids is 1. The third-order valence-corrected chi connectivity index (χ3v) is 4.93. The first-order valence-corrected chi connectivity index (χ1v) is 9.38. The normalized spacial score (nSPS) is 13.7. The zero-order valence-electron chi connectivity index (χ0n) is 15.8. The van der Waals surface area contributed by atoms with Crippen LogP contribution in [0.4, 0.5) is 5.69 Å². The lowest BCUT2D eigenvalue weighted by Crippen LogP contribution is -2.12. The molecule has 0 unspecified atom stereocenters. The minimum Gasteiger partial charge on any atom is -0.452 e. The zero-order valence-corrected chi connectivity index (χ0v) is 15.8. The molecule has 2 aromatic carbocycles. The van der Waals surface area contributed by atoms with Gasteiger partial charge >= 0.3 is 5.97 Å². The molecule has 1 heterocycles. The molecule has 0 radical (unpaired) electrons. The highest BCUT2D eigenvalue weighted by Gasteiger charge is 2.20. The number of esters is 1. The van der Waals surface area contributed by atoms with Crippen LogP contribution in [0.3, 0.4) is 0 Å². The maximum absolute atomic E-state index is 12.3. The summed E-state index contributed by atoms with van der Waals surface area (Å²) in [6.07, 6.45) is 2.80. The van der Waals surface area contributed by atoms with Gasteiger partial charge in [-0.05, 0) is 55.0 Å². The van der Waals surface area contributed by atoms with Gasteiger partial charge in [0.25, 0.3) is 11.6 Å². The summed E-state index contributed by atoms with van der Waals surface area (Å²) in [5, 5.41) is 18.6. The highest BCUT2D eigenvalue weighted by molar-refractivity contribution is 5.73. The summed E-state index contributed by atoms with van der Waals surface area (Å²) in [6.45, 7) is 1.66. The van der Waals surface area contributed by atoms with Crippen LogP contribution in [0, 0.1) is 10.1 Å². The van der Waals surface area contributed by atoms with E-state index in [1.54, 1.807) is 6.92 Å². The largest absolute Gasteiger partial charge is 0.452 e. The average molecular weight is 393 g/mol. The van der Waals surface area contributed by atoms with Crippen molar-refractivity contribution in [2.45, 2.75) is 38.7 Å². The van der Waals surface area contributed by atoms with Gasteiger partial charge in [0.1, 0.15) is 0 Å². The van der Waals surface area contributed by atoms with Crippen molar-refractivity contribution >= 4 is 11.7 Å². The zero-order chi connectivity index (χ0) is 20.4. The van der Waals surface area contributed by atoms with Gasteiger partial charge in [-0.25, -0.2) is 0 Å². The van der Waals surface area contributed by atoms with Crippen LogP contribution in [0.2, 0.25) is 0 Å². The standard InChI is InChI=1S/C21H19N3O5/c1-13(28-19(25)12-14-5-6-15-3-2-4-17(15)11-14)20-22-23-21(29-20)16-7-9-18(10-8-16)24(26)27/h5-11,13H,2-4,12H2,1H3/t13-/m0/s1. The van der Waals surface area contributed by atoms with Gasteiger partial charge in [-0.3, -0.25) is 14.9 Å². The van der Waals surface area contributed by atoms with Gasteiger partial charge in [-0.15, -0.1) is 10.2 Å². The third-order valence-electron chi connectivity index (χ3n) is 4.93. The first-order chi connectivity index (χ1) is 14.0. The summed E-state index contributed by atoms with van der Waals surface area (Å²) < 4.78 is 11.0. The minimum atomic E-state index is -0.698. The Bertz CT molecular complexity index is 1060. The second kappa shape index (κ2) is 7.83. The number of aryl methyl sites for hydroxylation is 2. The Labute approximate surface area is 166 Å². The summed E-state index contributed by atoms with van der Waals surface area (Å²) in [5.41, 5.74) is 4.13. The van der Waals surface area contributed by atoms with Crippen LogP contribution >= 0.6 is 0 Å². The molecule has 4 rings (SSSR count). The van der Waals surface area contributed by atoms with E-state index in [-0.39, 0.29) is 29.9 Å². The summed E-state index contributed by atoms with van der Waals surface area (Å²) in [6, 6.07) is 11.9. The van der Waals surface area contributed by atoms with Gasteiger partial charge in [0.15, 0.2) is 6.10 Å². The number of carbonyl (C=O) groups is 1. The van der Waals surface area contributed by atoms with Crippen LogP contribution in [0.5, 0.6) is 0 Å². The number of nitrogens with zero attached hydrogens (tertiary/aromatic N) is 3.